The number of ether oxygens (including phenoxy) is 1. The van der Waals surface area contributed by atoms with Crippen molar-refractivity contribution in [3.8, 4) is 0 Å². The predicted octanol–water partition coefficient (Wildman–Crippen LogP) is 1.93. The van der Waals surface area contributed by atoms with Crippen molar-refractivity contribution in [1.29, 1.82) is 0 Å². The summed E-state index contributed by atoms with van der Waals surface area (Å²) in [7, 11) is 0. The molecule has 2 amide bonds. The Hall–Kier alpha value is -2.08. The topological polar surface area (TPSA) is 87.7 Å². The third-order valence-corrected chi connectivity index (χ3v) is 2.83. The van der Waals surface area contributed by atoms with Gasteiger partial charge in [-0.15, -0.1) is 0 Å². The number of unbranched alkanes of at least 4 members (excludes halogenated alkanes) is 1. The molecule has 0 aliphatic heterocycles. The number of urea groups is 1. The fourth-order valence-electron chi connectivity index (χ4n) is 1.70. The summed E-state index contributed by atoms with van der Waals surface area (Å²) in [6, 6.07) is 6.98. The molecule has 116 valence electrons. The average Bonchev–Trinajstić information content (AvgIpc) is 2.49. The molecule has 0 aliphatic rings. The molecule has 1 rings (SSSR count). The molecule has 6 nitrogen and oxygen atoms in total. The van der Waals surface area contributed by atoms with E-state index in [0.717, 1.165) is 12.8 Å². The molecule has 0 aliphatic carbocycles. The molecule has 0 bridgehead atoms. The zero-order chi connectivity index (χ0) is 15.5. The molecule has 3 N–H and O–H groups in total. The first kappa shape index (κ1) is 17.0. The molecule has 0 saturated carbocycles. The Bertz CT molecular complexity index is 437. The Morgan fingerprint density at radius 2 is 1.95 bits per heavy atom. The lowest BCUT2D eigenvalue weighted by molar-refractivity contribution is -0.139. The molecule has 6 heteroatoms. The van der Waals surface area contributed by atoms with Crippen LogP contribution in [0.2, 0.25) is 0 Å². The van der Waals surface area contributed by atoms with Crippen molar-refractivity contribution in [3.63, 3.8) is 0 Å². The Morgan fingerprint density at radius 1 is 1.24 bits per heavy atom. The molecule has 1 aromatic carbocycles. The average molecular weight is 294 g/mol. The van der Waals surface area contributed by atoms with Crippen LogP contribution in [0.25, 0.3) is 0 Å². The number of amides is 2. The van der Waals surface area contributed by atoms with E-state index in [1.807, 2.05) is 0 Å². The molecule has 0 heterocycles. The van der Waals surface area contributed by atoms with Crippen molar-refractivity contribution < 1.29 is 19.4 Å². The molecule has 1 aromatic rings. The van der Waals surface area contributed by atoms with E-state index < -0.39 is 18.0 Å². The van der Waals surface area contributed by atoms with E-state index in [1.165, 1.54) is 0 Å². The largest absolute Gasteiger partial charge is 0.479 e. The third-order valence-electron chi connectivity index (χ3n) is 2.83. The molecule has 1 atom stereocenters. The summed E-state index contributed by atoms with van der Waals surface area (Å²) in [5, 5.41) is 14.2. The van der Waals surface area contributed by atoms with Crippen LogP contribution in [0, 0.1) is 0 Å². The minimum absolute atomic E-state index is 0.344. The molecule has 0 radical (unpaired) electrons. The summed E-state index contributed by atoms with van der Waals surface area (Å²) in [5.74, 6) is -1.10. The highest BCUT2D eigenvalue weighted by atomic mass is 16.5. The van der Waals surface area contributed by atoms with Gasteiger partial charge in [0.1, 0.15) is 0 Å². The van der Waals surface area contributed by atoms with Gasteiger partial charge in [-0.2, -0.15) is 0 Å². The van der Waals surface area contributed by atoms with Crippen LogP contribution in [-0.2, 0) is 9.53 Å². The minimum Gasteiger partial charge on any atom is -0.479 e. The van der Waals surface area contributed by atoms with Crippen LogP contribution in [0.1, 0.15) is 31.4 Å². The van der Waals surface area contributed by atoms with Crippen molar-refractivity contribution in [2.24, 2.45) is 0 Å². The van der Waals surface area contributed by atoms with Crippen molar-refractivity contribution in [2.75, 3.05) is 19.8 Å². The highest BCUT2D eigenvalue weighted by Crippen LogP contribution is 2.12. The number of nitrogens with one attached hydrogen (secondary N) is 2. The number of benzene rings is 1. The number of aliphatic carboxylic acids is 1. The lowest BCUT2D eigenvalue weighted by atomic mass is 10.1. The fraction of sp³-hybridized carbons (Fsp3) is 0.467. The predicted molar refractivity (Wildman–Crippen MR) is 79.1 cm³/mol. The van der Waals surface area contributed by atoms with E-state index in [-0.39, 0.29) is 0 Å². The number of carboxylic acid groups (broad SMARTS) is 1. The summed E-state index contributed by atoms with van der Waals surface area (Å²) in [6.07, 6.45) is 2.05. The van der Waals surface area contributed by atoms with E-state index in [4.69, 9.17) is 4.74 Å². The van der Waals surface area contributed by atoms with Crippen molar-refractivity contribution in [2.45, 2.75) is 25.8 Å². The smallest absolute Gasteiger partial charge is 0.330 e. The summed E-state index contributed by atoms with van der Waals surface area (Å²) in [6.45, 7) is 3.50. The lowest BCUT2D eigenvalue weighted by Crippen LogP contribution is -2.42. The van der Waals surface area contributed by atoms with Crippen molar-refractivity contribution in [1.82, 2.24) is 10.6 Å². The molecule has 21 heavy (non-hydrogen) atoms. The number of carbonyl (C=O) groups excluding carboxylic acids is 1. The monoisotopic (exact) mass is 294 g/mol. The van der Waals surface area contributed by atoms with Gasteiger partial charge in [-0.3, -0.25) is 0 Å². The van der Waals surface area contributed by atoms with Gasteiger partial charge in [0.15, 0.2) is 6.04 Å². The Morgan fingerprint density at radius 3 is 2.57 bits per heavy atom. The molecular formula is C15H22N2O4. The van der Waals surface area contributed by atoms with Gasteiger partial charge >= 0.3 is 12.0 Å². The summed E-state index contributed by atoms with van der Waals surface area (Å²) >= 11 is 0. The molecule has 0 unspecified atom stereocenters. The summed E-state index contributed by atoms with van der Waals surface area (Å²) in [5.41, 5.74) is 0.527. The minimum atomic E-state index is -1.10. The molecule has 0 aromatic heterocycles. The highest BCUT2D eigenvalue weighted by Gasteiger charge is 2.21. The second-order valence-corrected chi connectivity index (χ2v) is 4.55. The quantitative estimate of drug-likeness (QED) is 0.607. The standard InChI is InChI=1S/C15H22N2O4/c1-2-3-10-21-11-9-16-15(20)17-13(14(18)19)12-7-5-4-6-8-12/h4-8,13H,2-3,9-11H2,1H3,(H,18,19)(H2,16,17,20)/t13-/m1/s1. The first-order valence-corrected chi connectivity index (χ1v) is 7.05. The van der Waals surface area contributed by atoms with E-state index in [9.17, 15) is 14.7 Å². The SMILES string of the molecule is CCCCOCCNC(=O)N[C@@H](C(=O)O)c1ccccc1. The van der Waals surface area contributed by atoms with Gasteiger partial charge in [-0.1, -0.05) is 43.7 Å². The van der Waals surface area contributed by atoms with Crippen LogP contribution < -0.4 is 10.6 Å². The zero-order valence-electron chi connectivity index (χ0n) is 12.2. The van der Waals surface area contributed by atoms with Gasteiger partial charge in [-0.25, -0.2) is 9.59 Å². The van der Waals surface area contributed by atoms with Gasteiger partial charge < -0.3 is 20.5 Å². The van der Waals surface area contributed by atoms with Crippen molar-refractivity contribution in [3.05, 3.63) is 35.9 Å². The molecule has 0 saturated heterocycles. The fourth-order valence-corrected chi connectivity index (χ4v) is 1.70. The van der Waals surface area contributed by atoms with E-state index in [0.29, 0.717) is 25.3 Å². The third kappa shape index (κ3) is 6.76. The van der Waals surface area contributed by atoms with Crippen LogP contribution in [0.3, 0.4) is 0 Å². The second kappa shape index (κ2) is 9.77. The van der Waals surface area contributed by atoms with Crippen LogP contribution in [0.4, 0.5) is 4.79 Å². The maximum Gasteiger partial charge on any atom is 0.330 e. The van der Waals surface area contributed by atoms with Crippen LogP contribution in [0.5, 0.6) is 0 Å². The van der Waals surface area contributed by atoms with Crippen LogP contribution in [0.15, 0.2) is 30.3 Å². The second-order valence-electron chi connectivity index (χ2n) is 4.55. The number of carboxylic acids is 1. The normalized spacial score (nSPS) is 11.7. The number of hydrogen-bond acceptors (Lipinski definition) is 3. The Labute approximate surface area is 124 Å². The molecular weight excluding hydrogens is 272 g/mol. The Balaban J connectivity index is 2.35. The van der Waals surface area contributed by atoms with Gasteiger partial charge in [0, 0.05) is 13.2 Å². The summed E-state index contributed by atoms with van der Waals surface area (Å²) in [4.78, 5) is 22.9. The first-order chi connectivity index (χ1) is 10.1. The number of hydrogen-bond donors (Lipinski definition) is 3. The van der Waals surface area contributed by atoms with Gasteiger partial charge in [0.25, 0.3) is 0 Å². The van der Waals surface area contributed by atoms with Gasteiger partial charge in [0.05, 0.1) is 6.61 Å². The maximum atomic E-state index is 11.7. The molecule has 0 spiro atoms. The van der Waals surface area contributed by atoms with Crippen LogP contribution >= 0.6 is 0 Å². The van der Waals surface area contributed by atoms with Crippen molar-refractivity contribution >= 4 is 12.0 Å². The number of carbonyl (C=O) groups is 2. The maximum absolute atomic E-state index is 11.7. The zero-order valence-corrected chi connectivity index (χ0v) is 12.2. The summed E-state index contributed by atoms with van der Waals surface area (Å²) < 4.78 is 5.30. The van der Waals surface area contributed by atoms with E-state index in [2.05, 4.69) is 17.6 Å². The van der Waals surface area contributed by atoms with E-state index >= 15 is 0 Å². The highest BCUT2D eigenvalue weighted by molar-refractivity contribution is 5.83. The van der Waals surface area contributed by atoms with Crippen LogP contribution in [-0.4, -0.2) is 36.9 Å². The molecule has 0 fully saturated rings. The van der Waals surface area contributed by atoms with Gasteiger partial charge in [0.2, 0.25) is 0 Å². The first-order valence-electron chi connectivity index (χ1n) is 7.05. The number of rotatable bonds is 9. The van der Waals surface area contributed by atoms with Gasteiger partial charge in [-0.05, 0) is 12.0 Å². The van der Waals surface area contributed by atoms with E-state index in [1.54, 1.807) is 30.3 Å². The lowest BCUT2D eigenvalue weighted by Gasteiger charge is -2.15. The Kier molecular flexibility index (Phi) is 7.89.